The van der Waals surface area contributed by atoms with Gasteiger partial charge in [0.15, 0.2) is 11.6 Å². The van der Waals surface area contributed by atoms with Crippen molar-refractivity contribution >= 4 is 46.7 Å². The lowest BCUT2D eigenvalue weighted by atomic mass is 10.1. The monoisotopic (exact) mass is 523 g/mol. The number of carbonyl (C=O) groups is 2. The summed E-state index contributed by atoms with van der Waals surface area (Å²) in [7, 11) is 1.60. The number of aryl methyl sites for hydroxylation is 1. The van der Waals surface area contributed by atoms with Gasteiger partial charge >= 0.3 is 0 Å². The van der Waals surface area contributed by atoms with Crippen molar-refractivity contribution < 1.29 is 14.3 Å². The van der Waals surface area contributed by atoms with Crippen LogP contribution in [-0.4, -0.2) is 63.3 Å². The first-order valence-corrected chi connectivity index (χ1v) is 12.4. The number of H-pyrrole nitrogens is 1. The van der Waals surface area contributed by atoms with E-state index in [0.717, 1.165) is 24.2 Å². The van der Waals surface area contributed by atoms with Crippen molar-refractivity contribution in [1.29, 1.82) is 0 Å². The summed E-state index contributed by atoms with van der Waals surface area (Å²) in [6.45, 7) is 9.86. The van der Waals surface area contributed by atoms with E-state index in [1.165, 1.54) is 4.90 Å². The first-order chi connectivity index (χ1) is 17.7. The van der Waals surface area contributed by atoms with Crippen molar-refractivity contribution in [2.45, 2.75) is 34.2 Å². The lowest BCUT2D eigenvalue weighted by molar-refractivity contribution is -0.113. The summed E-state index contributed by atoms with van der Waals surface area (Å²) >= 11 is 6.46. The van der Waals surface area contributed by atoms with E-state index in [-0.39, 0.29) is 29.3 Å². The fraction of sp³-hybridized carbons (Fsp3) is 0.346. The fourth-order valence-electron chi connectivity index (χ4n) is 4.43. The van der Waals surface area contributed by atoms with Gasteiger partial charge in [-0.05, 0) is 39.1 Å². The van der Waals surface area contributed by atoms with E-state index >= 15 is 0 Å². The first-order valence-electron chi connectivity index (χ1n) is 12.0. The van der Waals surface area contributed by atoms with Gasteiger partial charge in [-0.15, -0.1) is 0 Å². The predicted molar refractivity (Wildman–Crippen MR) is 144 cm³/mol. The van der Waals surface area contributed by atoms with Crippen molar-refractivity contribution in [3.63, 3.8) is 0 Å². The van der Waals surface area contributed by atoms with Crippen LogP contribution in [0.15, 0.2) is 18.5 Å². The third-order valence-electron chi connectivity index (χ3n) is 6.51. The molecule has 37 heavy (non-hydrogen) atoms. The molecular formula is C26H30ClN7O3. The molecule has 0 atom stereocenters. The smallest absolute Gasteiger partial charge is 0.260 e. The second-order valence-electron chi connectivity index (χ2n) is 8.79. The highest BCUT2D eigenvalue weighted by atomic mass is 35.5. The van der Waals surface area contributed by atoms with Gasteiger partial charge in [0.25, 0.3) is 5.91 Å². The van der Waals surface area contributed by atoms with E-state index in [0.29, 0.717) is 46.2 Å². The van der Waals surface area contributed by atoms with Gasteiger partial charge in [-0.1, -0.05) is 25.4 Å². The molecule has 4 heterocycles. The number of likely N-dealkylation sites (N-methyl/N-ethyl adjacent to an activating group) is 1. The number of ether oxygens (including phenoxy) is 1. The van der Waals surface area contributed by atoms with Crippen LogP contribution in [0.3, 0.4) is 0 Å². The standard InChI is InChI=1S/C26H30ClN7O3/c1-6-33(7-2)13-20(35)16-8-17(29-11-16)9-18-21-23(27)31-26(28)32-24(21)34(25(18)36)12-19-15(4)22(37-5)14(3)10-30-19/h8-11,29H,6-7,12-13H2,1-5H3,(H2,28,31,32)/b18-9-. The van der Waals surface area contributed by atoms with Gasteiger partial charge in [-0.2, -0.15) is 4.98 Å². The number of hydrogen-bond acceptors (Lipinski definition) is 8. The number of rotatable bonds is 9. The Morgan fingerprint density at radius 1 is 1.27 bits per heavy atom. The van der Waals surface area contributed by atoms with E-state index in [4.69, 9.17) is 22.1 Å². The van der Waals surface area contributed by atoms with Gasteiger partial charge in [0, 0.05) is 34.8 Å². The van der Waals surface area contributed by atoms with Gasteiger partial charge < -0.3 is 15.5 Å². The van der Waals surface area contributed by atoms with Crippen LogP contribution in [0, 0.1) is 13.8 Å². The number of halogens is 1. The van der Waals surface area contributed by atoms with Crippen LogP contribution in [0.5, 0.6) is 5.75 Å². The van der Waals surface area contributed by atoms with Crippen LogP contribution in [-0.2, 0) is 11.3 Å². The van der Waals surface area contributed by atoms with Gasteiger partial charge in [-0.3, -0.25) is 24.4 Å². The number of amides is 1. The SMILES string of the molecule is CCN(CC)CC(=O)c1c[nH]c(/C=C2\C(=O)N(Cc3ncc(C)c(OC)c3C)c3nc(N)nc(Cl)c32)c1. The highest BCUT2D eigenvalue weighted by molar-refractivity contribution is 6.41. The van der Waals surface area contributed by atoms with Gasteiger partial charge in [-0.25, -0.2) is 4.98 Å². The Hall–Kier alpha value is -3.76. The molecule has 0 spiro atoms. The molecule has 0 aliphatic carbocycles. The van der Waals surface area contributed by atoms with E-state index < -0.39 is 0 Å². The quantitative estimate of drug-likeness (QED) is 0.247. The second-order valence-corrected chi connectivity index (χ2v) is 9.15. The van der Waals surface area contributed by atoms with Crippen LogP contribution in [0.2, 0.25) is 5.15 Å². The number of hydrogen-bond donors (Lipinski definition) is 2. The number of anilines is 2. The average molecular weight is 524 g/mol. The summed E-state index contributed by atoms with van der Waals surface area (Å²) in [5, 5.41) is 0.0696. The number of aromatic amines is 1. The van der Waals surface area contributed by atoms with E-state index in [1.807, 2.05) is 32.6 Å². The Kier molecular flexibility index (Phi) is 7.60. The molecule has 3 aromatic rings. The van der Waals surface area contributed by atoms with Crippen molar-refractivity contribution in [1.82, 2.24) is 24.8 Å². The Labute approximate surface area is 220 Å². The maximum absolute atomic E-state index is 13.7. The Morgan fingerprint density at radius 2 is 2.00 bits per heavy atom. The Morgan fingerprint density at radius 3 is 2.68 bits per heavy atom. The molecule has 0 saturated carbocycles. The number of nitrogens with two attached hydrogens (primary N) is 1. The Bertz CT molecular complexity index is 1400. The molecule has 1 aliphatic heterocycles. The zero-order valence-electron chi connectivity index (χ0n) is 21.6. The third-order valence-corrected chi connectivity index (χ3v) is 6.78. The largest absolute Gasteiger partial charge is 0.496 e. The molecule has 0 unspecified atom stereocenters. The zero-order valence-corrected chi connectivity index (χ0v) is 22.3. The van der Waals surface area contributed by atoms with Crippen molar-refractivity contribution in [3.8, 4) is 5.75 Å². The molecule has 3 aromatic heterocycles. The number of methoxy groups -OCH3 is 1. The summed E-state index contributed by atoms with van der Waals surface area (Å²) in [6.07, 6.45) is 5.00. The van der Waals surface area contributed by atoms with Crippen LogP contribution in [0.4, 0.5) is 11.8 Å². The zero-order chi connectivity index (χ0) is 26.9. The van der Waals surface area contributed by atoms with Crippen LogP contribution >= 0.6 is 11.6 Å². The number of aromatic nitrogens is 4. The van der Waals surface area contributed by atoms with E-state index in [9.17, 15) is 9.59 Å². The predicted octanol–water partition coefficient (Wildman–Crippen LogP) is 3.67. The molecule has 10 nitrogen and oxygen atoms in total. The number of Topliss-reactive ketones (excluding diaryl/α,β-unsaturated/α-hetero) is 1. The van der Waals surface area contributed by atoms with Gasteiger partial charge in [0.1, 0.15) is 10.9 Å². The summed E-state index contributed by atoms with van der Waals surface area (Å²) in [4.78, 5) is 45.9. The average Bonchev–Trinajstić information content (AvgIpc) is 3.43. The van der Waals surface area contributed by atoms with Crippen LogP contribution in [0.25, 0.3) is 11.6 Å². The highest BCUT2D eigenvalue weighted by Crippen LogP contribution is 2.41. The molecule has 194 valence electrons. The molecular weight excluding hydrogens is 494 g/mol. The minimum atomic E-state index is -0.330. The summed E-state index contributed by atoms with van der Waals surface area (Å²) in [5.41, 5.74) is 10.0. The van der Waals surface area contributed by atoms with Crippen molar-refractivity contribution in [2.24, 2.45) is 0 Å². The molecule has 1 aliphatic rings. The minimum absolute atomic E-state index is 0.00613. The first kappa shape index (κ1) is 26.3. The molecule has 11 heteroatoms. The van der Waals surface area contributed by atoms with Crippen molar-refractivity contribution in [2.75, 3.05) is 37.4 Å². The molecule has 0 aromatic carbocycles. The molecule has 3 N–H and O–H groups in total. The molecule has 4 rings (SSSR count). The van der Waals surface area contributed by atoms with E-state index in [1.54, 1.807) is 31.6 Å². The topological polar surface area (TPSA) is 130 Å². The summed E-state index contributed by atoms with van der Waals surface area (Å²) < 4.78 is 5.52. The van der Waals surface area contributed by atoms with Gasteiger partial charge in [0.05, 0.1) is 37.0 Å². The minimum Gasteiger partial charge on any atom is -0.496 e. The van der Waals surface area contributed by atoms with Crippen LogP contribution in [0.1, 0.15) is 52.3 Å². The number of carbonyl (C=O) groups excluding carboxylic acids is 2. The maximum atomic E-state index is 13.7. The number of nitrogens with one attached hydrogen (secondary N) is 1. The molecule has 0 saturated heterocycles. The number of nitrogen functional groups attached to an aromatic ring is 1. The normalized spacial score (nSPS) is 14.1. The van der Waals surface area contributed by atoms with Crippen molar-refractivity contribution in [3.05, 3.63) is 57.3 Å². The fourth-order valence-corrected chi connectivity index (χ4v) is 4.70. The van der Waals surface area contributed by atoms with Crippen LogP contribution < -0.4 is 15.4 Å². The lowest BCUT2D eigenvalue weighted by Crippen LogP contribution is -2.29. The van der Waals surface area contributed by atoms with Gasteiger partial charge in [0.2, 0.25) is 5.95 Å². The Balaban J connectivity index is 1.71. The molecule has 0 fully saturated rings. The summed E-state index contributed by atoms with van der Waals surface area (Å²) in [6, 6.07) is 1.72. The highest BCUT2D eigenvalue weighted by Gasteiger charge is 2.37. The summed E-state index contributed by atoms with van der Waals surface area (Å²) in [5.74, 6) is 0.634. The number of nitrogens with zero attached hydrogens (tertiary/aromatic N) is 5. The van der Waals surface area contributed by atoms with E-state index in [2.05, 4.69) is 19.9 Å². The molecule has 0 bridgehead atoms. The number of fused-ring (bicyclic) bond motifs is 1. The number of pyridine rings is 1. The molecule has 1 amide bonds. The maximum Gasteiger partial charge on any atom is 0.260 e. The molecule has 0 radical (unpaired) electrons. The second kappa shape index (κ2) is 10.7. The third kappa shape index (κ3) is 5.07. The number of ketones is 1. The lowest BCUT2D eigenvalue weighted by Gasteiger charge is -2.19.